The molecule has 4 heteroatoms. The molecule has 0 saturated carbocycles. The molecule has 0 unspecified atom stereocenters. The average Bonchev–Trinajstić information content (AvgIpc) is 1.81. The van der Waals surface area contributed by atoms with Gasteiger partial charge >= 0.3 is 33.9 Å². The molecule has 0 aromatic heterocycles. The molecule has 44 valence electrons. The molecular weight excluding hydrogens is 148 g/mol. The van der Waals surface area contributed by atoms with Crippen LogP contribution in [0.25, 0.3) is 0 Å². The Labute approximate surface area is 59.4 Å². The Morgan fingerprint density at radius 1 is 0.625 bits per heavy atom. The van der Waals surface area contributed by atoms with Crippen molar-refractivity contribution in [3.8, 4) is 0 Å². The number of rotatable bonds is 0. The van der Waals surface area contributed by atoms with Gasteiger partial charge in [-0.3, -0.25) is 0 Å². The third kappa shape index (κ3) is 2120. The van der Waals surface area contributed by atoms with Gasteiger partial charge in [0.05, 0.1) is 0 Å². The molecule has 0 spiro atoms. The summed E-state index contributed by atoms with van der Waals surface area (Å²) in [5.41, 5.74) is 0. The predicted octanol–water partition coefficient (Wildman–Crippen LogP) is 0.335. The SMILES string of the molecule is [C-]#[O+].[C-]#[O+].[C-]#[O+].[CH3-].[Cr]. The van der Waals surface area contributed by atoms with Crippen molar-refractivity contribution < 1.29 is 31.3 Å². The van der Waals surface area contributed by atoms with Gasteiger partial charge in [-0.15, -0.1) is 0 Å². The van der Waals surface area contributed by atoms with E-state index in [0.29, 0.717) is 0 Å². The van der Waals surface area contributed by atoms with Crippen LogP contribution in [-0.2, 0) is 31.3 Å². The molecule has 0 bridgehead atoms. The van der Waals surface area contributed by atoms with E-state index in [1.54, 1.807) is 0 Å². The Morgan fingerprint density at radius 2 is 0.625 bits per heavy atom. The van der Waals surface area contributed by atoms with E-state index in [2.05, 4.69) is 20.0 Å². The van der Waals surface area contributed by atoms with E-state index in [4.69, 9.17) is 14.0 Å². The van der Waals surface area contributed by atoms with Gasteiger partial charge in [0.2, 0.25) is 0 Å². The minimum atomic E-state index is 0. The summed E-state index contributed by atoms with van der Waals surface area (Å²) >= 11 is 0. The van der Waals surface area contributed by atoms with Gasteiger partial charge in [-0.25, -0.2) is 0 Å². The Balaban J connectivity index is -0.00000000500. The summed E-state index contributed by atoms with van der Waals surface area (Å²) < 4.78 is 22.5. The van der Waals surface area contributed by atoms with E-state index in [9.17, 15) is 0 Å². The third-order valence-corrected chi connectivity index (χ3v) is 0. The molecule has 0 aromatic carbocycles. The van der Waals surface area contributed by atoms with E-state index in [1.165, 1.54) is 0 Å². The first kappa shape index (κ1) is 46.7. The second kappa shape index (κ2) is 3650. The fraction of sp³-hybridized carbons (Fsp3) is 0. The van der Waals surface area contributed by atoms with Crippen LogP contribution in [-0.4, -0.2) is 0 Å². The summed E-state index contributed by atoms with van der Waals surface area (Å²) in [5, 5.41) is 0. The number of hydrogen-bond acceptors (Lipinski definition) is 0. The van der Waals surface area contributed by atoms with Crippen molar-refractivity contribution >= 4 is 0 Å². The van der Waals surface area contributed by atoms with Crippen molar-refractivity contribution in [1.82, 2.24) is 0 Å². The van der Waals surface area contributed by atoms with Crippen molar-refractivity contribution in [2.24, 2.45) is 0 Å². The molecule has 0 N–H and O–H groups in total. The van der Waals surface area contributed by atoms with Crippen molar-refractivity contribution in [3.05, 3.63) is 27.4 Å². The van der Waals surface area contributed by atoms with Crippen molar-refractivity contribution in [1.29, 1.82) is 0 Å². The maximum Gasteiger partial charge on any atom is 0 e. The number of hydrogen-bond donors (Lipinski definition) is 0. The first-order chi connectivity index (χ1) is 3.00. The first-order valence-corrected chi connectivity index (χ1v) is 0.612. The molecular formula is C4H3CrO3-. The first-order valence-electron chi connectivity index (χ1n) is 0.612. The van der Waals surface area contributed by atoms with E-state index in [1.807, 2.05) is 0 Å². The van der Waals surface area contributed by atoms with Gasteiger partial charge < -0.3 is 7.43 Å². The van der Waals surface area contributed by atoms with Crippen LogP contribution >= 0.6 is 0 Å². The van der Waals surface area contributed by atoms with Crippen LogP contribution in [0, 0.1) is 27.4 Å². The minimum Gasteiger partial charge on any atom is -0.358 e. The van der Waals surface area contributed by atoms with Gasteiger partial charge in [-0.2, -0.15) is 0 Å². The summed E-state index contributed by atoms with van der Waals surface area (Å²) in [6, 6.07) is 0. The zero-order valence-corrected chi connectivity index (χ0v) is 5.41. The topological polar surface area (TPSA) is 59.7 Å². The summed E-state index contributed by atoms with van der Waals surface area (Å²) in [6.45, 7) is 13.5. The van der Waals surface area contributed by atoms with Crippen molar-refractivity contribution in [3.63, 3.8) is 0 Å². The van der Waals surface area contributed by atoms with Crippen LogP contribution in [0.15, 0.2) is 0 Å². The second-order valence-corrected chi connectivity index (χ2v) is 0. The third-order valence-electron chi connectivity index (χ3n) is 0. The van der Waals surface area contributed by atoms with Crippen LogP contribution < -0.4 is 0 Å². The van der Waals surface area contributed by atoms with Gasteiger partial charge in [0.15, 0.2) is 0 Å². The minimum absolute atomic E-state index is 0. The summed E-state index contributed by atoms with van der Waals surface area (Å²) in [6.07, 6.45) is 0. The van der Waals surface area contributed by atoms with Gasteiger partial charge in [-0.05, 0) is 0 Å². The zero-order chi connectivity index (χ0) is 6.00. The molecule has 0 aliphatic rings. The largest absolute Gasteiger partial charge is 0.358 e. The molecule has 8 heavy (non-hydrogen) atoms. The Bertz CT molecular complexity index is 39.8. The summed E-state index contributed by atoms with van der Waals surface area (Å²) in [4.78, 5) is 0. The Morgan fingerprint density at radius 3 is 0.625 bits per heavy atom. The second-order valence-electron chi connectivity index (χ2n) is 0. The summed E-state index contributed by atoms with van der Waals surface area (Å²) in [7, 11) is 0. The molecule has 0 radical (unpaired) electrons. The molecule has 0 aromatic rings. The van der Waals surface area contributed by atoms with Crippen LogP contribution in [0.5, 0.6) is 0 Å². The van der Waals surface area contributed by atoms with Crippen LogP contribution in [0.3, 0.4) is 0 Å². The quantitative estimate of drug-likeness (QED) is 0.354. The zero-order valence-electron chi connectivity index (χ0n) is 4.13. The van der Waals surface area contributed by atoms with E-state index < -0.39 is 0 Å². The summed E-state index contributed by atoms with van der Waals surface area (Å²) in [5.74, 6) is 0. The molecule has 0 aliphatic heterocycles. The molecule has 0 fully saturated rings. The van der Waals surface area contributed by atoms with Gasteiger partial charge in [0.1, 0.15) is 0 Å². The van der Waals surface area contributed by atoms with E-state index >= 15 is 0 Å². The van der Waals surface area contributed by atoms with Crippen LogP contribution in [0.1, 0.15) is 0 Å². The van der Waals surface area contributed by atoms with Crippen LogP contribution in [0.4, 0.5) is 0 Å². The van der Waals surface area contributed by atoms with E-state index in [-0.39, 0.29) is 24.8 Å². The molecule has 0 saturated heterocycles. The van der Waals surface area contributed by atoms with Crippen molar-refractivity contribution in [2.45, 2.75) is 0 Å². The Kier molecular flexibility index (Phi) is 21300. The Hall–Kier alpha value is -0.248. The van der Waals surface area contributed by atoms with Crippen LogP contribution in [0.2, 0.25) is 0 Å². The van der Waals surface area contributed by atoms with Gasteiger partial charge in [0, 0.05) is 17.4 Å². The fourth-order valence-corrected chi connectivity index (χ4v) is 0. The maximum absolute atomic E-state index is 7.50. The maximum atomic E-state index is 7.50. The van der Waals surface area contributed by atoms with Crippen molar-refractivity contribution in [2.75, 3.05) is 0 Å². The average molecular weight is 151 g/mol. The van der Waals surface area contributed by atoms with Gasteiger partial charge in [-0.1, -0.05) is 0 Å². The molecule has 0 rings (SSSR count). The molecule has 0 atom stereocenters. The normalized spacial score (nSPS) is 0.750. The van der Waals surface area contributed by atoms with E-state index in [0.717, 1.165) is 0 Å². The monoisotopic (exact) mass is 151 g/mol. The molecule has 0 heterocycles. The standard InChI is InChI=1S/3CO.CH3.Cr/c3*1-2;;/h;;;1H3;/q;;;-1;. The molecule has 0 aliphatic carbocycles. The molecule has 0 amide bonds. The smallest absolute Gasteiger partial charge is 0 e. The van der Waals surface area contributed by atoms with Gasteiger partial charge in [0.25, 0.3) is 0 Å². The fourth-order valence-electron chi connectivity index (χ4n) is 0. The molecule has 3 nitrogen and oxygen atoms in total. The predicted molar refractivity (Wildman–Crippen MR) is 18.2 cm³/mol.